The van der Waals surface area contributed by atoms with Gasteiger partial charge in [0.1, 0.15) is 0 Å². The van der Waals surface area contributed by atoms with Crippen molar-refractivity contribution < 1.29 is 14.3 Å². The molecule has 0 atom stereocenters. The van der Waals surface area contributed by atoms with E-state index in [9.17, 15) is 9.59 Å². The lowest BCUT2D eigenvalue weighted by Crippen LogP contribution is -2.49. The molecule has 2 heterocycles. The molecule has 0 spiro atoms. The Bertz CT molecular complexity index is 793. The first-order valence-electron chi connectivity index (χ1n) is 9.05. The Balaban J connectivity index is 1.38. The van der Waals surface area contributed by atoms with Crippen molar-refractivity contribution in [2.75, 3.05) is 32.8 Å². The topological polar surface area (TPSA) is 49.9 Å². The Morgan fingerprint density at radius 1 is 1.07 bits per heavy atom. The van der Waals surface area contributed by atoms with Crippen molar-refractivity contribution in [3.05, 3.63) is 63.9 Å². The minimum atomic E-state index is -0.489. The van der Waals surface area contributed by atoms with Crippen LogP contribution < -0.4 is 0 Å². The molecule has 0 radical (unpaired) electrons. The largest absolute Gasteiger partial charge is 0.452 e. The summed E-state index contributed by atoms with van der Waals surface area (Å²) in [5.74, 6) is -0.625. The molecule has 0 unspecified atom stereocenters. The molecule has 1 saturated heterocycles. The van der Waals surface area contributed by atoms with Crippen LogP contribution in [-0.2, 0) is 20.9 Å². The lowest BCUT2D eigenvalue weighted by molar-refractivity contribution is -0.149. The molecule has 27 heavy (non-hydrogen) atoms. The van der Waals surface area contributed by atoms with Crippen molar-refractivity contribution in [2.24, 2.45) is 0 Å². The van der Waals surface area contributed by atoms with E-state index in [4.69, 9.17) is 4.74 Å². The number of benzene rings is 1. The Hall–Kier alpha value is -2.44. The average Bonchev–Trinajstić information content (AvgIpc) is 3.11. The predicted octanol–water partition coefficient (Wildman–Crippen LogP) is 2.96. The number of hydrogen-bond acceptors (Lipinski definition) is 5. The third-order valence-electron chi connectivity index (χ3n) is 4.46. The number of thiophene rings is 1. The molecule has 1 aliphatic rings. The number of aryl methyl sites for hydroxylation is 1. The molecule has 0 saturated carbocycles. The van der Waals surface area contributed by atoms with E-state index in [-0.39, 0.29) is 12.5 Å². The number of amides is 1. The third kappa shape index (κ3) is 6.05. The molecular formula is C21H24N2O3S. The number of esters is 1. The zero-order chi connectivity index (χ0) is 19.1. The number of carbonyl (C=O) groups excluding carboxylic acids is 2. The van der Waals surface area contributed by atoms with Crippen LogP contribution in [0, 0.1) is 6.92 Å². The Morgan fingerprint density at radius 3 is 2.48 bits per heavy atom. The van der Waals surface area contributed by atoms with E-state index in [1.165, 1.54) is 16.5 Å². The zero-order valence-corrected chi connectivity index (χ0v) is 16.3. The normalized spacial score (nSPS) is 15.2. The van der Waals surface area contributed by atoms with Crippen LogP contribution >= 0.6 is 11.3 Å². The Kier molecular flexibility index (Phi) is 6.79. The Labute approximate surface area is 163 Å². The van der Waals surface area contributed by atoms with Crippen LogP contribution in [0.1, 0.15) is 15.3 Å². The van der Waals surface area contributed by atoms with Crippen LogP contribution in [-0.4, -0.2) is 54.5 Å². The van der Waals surface area contributed by atoms with Crippen LogP contribution in [0.15, 0.2) is 48.5 Å². The first kappa shape index (κ1) is 19.3. The second kappa shape index (κ2) is 9.48. The van der Waals surface area contributed by atoms with Gasteiger partial charge in [-0.15, -0.1) is 11.3 Å². The number of nitrogens with zero attached hydrogens (tertiary/aromatic N) is 2. The molecule has 1 aromatic carbocycles. The second-order valence-corrected chi connectivity index (χ2v) is 7.85. The molecule has 0 aliphatic carbocycles. The van der Waals surface area contributed by atoms with Gasteiger partial charge in [0.2, 0.25) is 0 Å². The fourth-order valence-corrected chi connectivity index (χ4v) is 3.74. The molecule has 3 rings (SSSR count). The smallest absolute Gasteiger partial charge is 0.331 e. The van der Waals surface area contributed by atoms with Crippen LogP contribution in [0.3, 0.4) is 0 Å². The maximum atomic E-state index is 12.3. The third-order valence-corrected chi connectivity index (χ3v) is 5.42. The lowest BCUT2D eigenvalue weighted by Gasteiger charge is -2.34. The average molecular weight is 385 g/mol. The van der Waals surface area contributed by atoms with E-state index in [2.05, 4.69) is 17.0 Å². The van der Waals surface area contributed by atoms with Crippen molar-refractivity contribution in [3.8, 4) is 0 Å². The van der Waals surface area contributed by atoms with Gasteiger partial charge in [0.15, 0.2) is 6.61 Å². The number of piperazine rings is 1. The van der Waals surface area contributed by atoms with Crippen LogP contribution in [0.25, 0.3) is 6.08 Å². The maximum absolute atomic E-state index is 12.3. The van der Waals surface area contributed by atoms with E-state index in [0.717, 1.165) is 24.5 Å². The summed E-state index contributed by atoms with van der Waals surface area (Å²) in [5.41, 5.74) is 1.28. The van der Waals surface area contributed by atoms with Crippen LogP contribution in [0.5, 0.6) is 0 Å². The van der Waals surface area contributed by atoms with Gasteiger partial charge in [-0.2, -0.15) is 0 Å². The van der Waals surface area contributed by atoms with Gasteiger partial charge < -0.3 is 9.64 Å². The van der Waals surface area contributed by atoms with E-state index in [1.54, 1.807) is 22.3 Å². The summed E-state index contributed by atoms with van der Waals surface area (Å²) >= 11 is 1.60. The van der Waals surface area contributed by atoms with Gasteiger partial charge >= 0.3 is 5.97 Å². The molecule has 6 heteroatoms. The minimum Gasteiger partial charge on any atom is -0.452 e. The van der Waals surface area contributed by atoms with Crippen molar-refractivity contribution >= 4 is 29.3 Å². The molecule has 0 N–H and O–H groups in total. The number of rotatable bonds is 6. The zero-order valence-electron chi connectivity index (χ0n) is 15.5. The highest BCUT2D eigenvalue weighted by atomic mass is 32.1. The molecule has 1 amide bonds. The molecule has 1 aliphatic heterocycles. The van der Waals surface area contributed by atoms with Crippen molar-refractivity contribution in [3.63, 3.8) is 0 Å². The summed E-state index contributed by atoms with van der Waals surface area (Å²) in [6.45, 7) is 5.67. The van der Waals surface area contributed by atoms with Gasteiger partial charge in [-0.3, -0.25) is 9.69 Å². The van der Waals surface area contributed by atoms with Crippen molar-refractivity contribution in [1.29, 1.82) is 0 Å². The monoisotopic (exact) mass is 384 g/mol. The fraction of sp³-hybridized carbons (Fsp3) is 0.333. The highest BCUT2D eigenvalue weighted by Crippen LogP contribution is 2.16. The van der Waals surface area contributed by atoms with Gasteiger partial charge in [0, 0.05) is 48.6 Å². The Morgan fingerprint density at radius 2 is 1.81 bits per heavy atom. The van der Waals surface area contributed by atoms with Gasteiger partial charge in [0.25, 0.3) is 5.91 Å². The first-order valence-corrected chi connectivity index (χ1v) is 9.87. The van der Waals surface area contributed by atoms with E-state index < -0.39 is 5.97 Å². The fourth-order valence-electron chi connectivity index (χ4n) is 2.96. The van der Waals surface area contributed by atoms with Gasteiger partial charge in [-0.25, -0.2) is 4.79 Å². The number of ether oxygens (including phenoxy) is 1. The van der Waals surface area contributed by atoms with Gasteiger partial charge in [-0.05, 0) is 30.7 Å². The molecule has 1 fully saturated rings. The molecule has 5 nitrogen and oxygen atoms in total. The number of hydrogen-bond donors (Lipinski definition) is 0. The molecule has 1 aromatic heterocycles. The van der Waals surface area contributed by atoms with Gasteiger partial charge in [0.05, 0.1) is 0 Å². The van der Waals surface area contributed by atoms with Crippen molar-refractivity contribution in [1.82, 2.24) is 9.80 Å². The minimum absolute atomic E-state index is 0.136. The SMILES string of the molecule is Cc1ccc(/C=C/C(=O)OCC(=O)N2CCN(Cc3ccccc3)CC2)s1. The highest BCUT2D eigenvalue weighted by Gasteiger charge is 2.21. The second-order valence-electron chi connectivity index (χ2n) is 6.53. The van der Waals surface area contributed by atoms with Crippen molar-refractivity contribution in [2.45, 2.75) is 13.5 Å². The van der Waals surface area contributed by atoms with E-state index in [0.29, 0.717) is 13.1 Å². The van der Waals surface area contributed by atoms with Crippen LogP contribution in [0.2, 0.25) is 0 Å². The standard InChI is InChI=1S/C21H24N2O3S/c1-17-7-8-19(27-17)9-10-21(25)26-16-20(24)23-13-11-22(12-14-23)15-18-5-3-2-4-6-18/h2-10H,11-16H2,1H3/b10-9+. The quantitative estimate of drug-likeness (QED) is 0.568. The molecule has 2 aromatic rings. The predicted molar refractivity (Wildman–Crippen MR) is 107 cm³/mol. The van der Waals surface area contributed by atoms with E-state index in [1.807, 2.05) is 37.3 Å². The summed E-state index contributed by atoms with van der Waals surface area (Å²) in [7, 11) is 0. The summed E-state index contributed by atoms with van der Waals surface area (Å²) in [4.78, 5) is 30.3. The number of carbonyl (C=O) groups is 2. The molecule has 0 bridgehead atoms. The summed E-state index contributed by atoms with van der Waals surface area (Å²) in [6.07, 6.45) is 3.09. The van der Waals surface area contributed by atoms with E-state index >= 15 is 0 Å². The summed E-state index contributed by atoms with van der Waals surface area (Å²) in [6, 6.07) is 14.3. The molecule has 142 valence electrons. The summed E-state index contributed by atoms with van der Waals surface area (Å²) in [5, 5.41) is 0. The summed E-state index contributed by atoms with van der Waals surface area (Å²) < 4.78 is 5.08. The van der Waals surface area contributed by atoms with Crippen LogP contribution in [0.4, 0.5) is 0 Å². The molecular weight excluding hydrogens is 360 g/mol. The first-order chi connectivity index (χ1) is 13.1. The maximum Gasteiger partial charge on any atom is 0.331 e. The highest BCUT2D eigenvalue weighted by molar-refractivity contribution is 7.12. The van der Waals surface area contributed by atoms with Gasteiger partial charge in [-0.1, -0.05) is 30.3 Å². The lowest BCUT2D eigenvalue weighted by atomic mass is 10.2.